The van der Waals surface area contributed by atoms with Crippen molar-refractivity contribution in [3.8, 4) is 0 Å². The molecule has 1 aromatic carbocycles. The van der Waals surface area contributed by atoms with Crippen LogP contribution in [0.4, 0.5) is 5.69 Å². The van der Waals surface area contributed by atoms with Crippen molar-refractivity contribution < 1.29 is 10.0 Å². The minimum absolute atomic E-state index is 0.0323. The first-order valence-electron chi connectivity index (χ1n) is 4.36. The first-order chi connectivity index (χ1) is 7.10. The van der Waals surface area contributed by atoms with Gasteiger partial charge in [0.25, 0.3) is 5.69 Å². The molecule has 0 aromatic heterocycles. The summed E-state index contributed by atoms with van der Waals surface area (Å²) in [4.78, 5) is 11.0. The Morgan fingerprint density at radius 2 is 2.33 bits per heavy atom. The zero-order chi connectivity index (χ0) is 11.4. The first-order valence-corrected chi connectivity index (χ1v) is 5.59. The van der Waals surface area contributed by atoms with Crippen LogP contribution in [0.5, 0.6) is 0 Å². The van der Waals surface area contributed by atoms with Gasteiger partial charge in [-0.15, -0.1) is 11.8 Å². The van der Waals surface area contributed by atoms with Crippen LogP contribution in [0, 0.1) is 17.0 Å². The largest absolute Gasteiger partial charge is 0.396 e. The van der Waals surface area contributed by atoms with Crippen molar-refractivity contribution in [1.82, 2.24) is 0 Å². The molecule has 15 heavy (non-hydrogen) atoms. The molecule has 0 aliphatic rings. The molecule has 0 saturated heterocycles. The second-order valence-corrected chi connectivity index (χ2v) is 3.91. The van der Waals surface area contributed by atoms with E-state index in [2.05, 4.69) is 6.92 Å². The van der Waals surface area contributed by atoms with E-state index >= 15 is 0 Å². The van der Waals surface area contributed by atoms with Crippen molar-refractivity contribution in [2.45, 2.75) is 10.8 Å². The smallest absolute Gasteiger partial charge is 0.269 e. The third-order valence-corrected chi connectivity index (χ3v) is 2.90. The first kappa shape index (κ1) is 12.0. The Kier molecular flexibility index (Phi) is 4.11. The lowest BCUT2D eigenvalue weighted by atomic mass is 10.0. The predicted molar refractivity (Wildman–Crippen MR) is 60.1 cm³/mol. The summed E-state index contributed by atoms with van der Waals surface area (Å²) < 4.78 is 0. The van der Waals surface area contributed by atoms with Crippen LogP contribution in [0.25, 0.3) is 0 Å². The third-order valence-electron chi connectivity index (χ3n) is 2.08. The van der Waals surface area contributed by atoms with Gasteiger partial charge in [0.15, 0.2) is 0 Å². The Balaban J connectivity index is 3.18. The van der Waals surface area contributed by atoms with Gasteiger partial charge < -0.3 is 5.11 Å². The van der Waals surface area contributed by atoms with E-state index in [1.807, 2.05) is 6.26 Å². The van der Waals surface area contributed by atoms with Crippen LogP contribution in [0.3, 0.4) is 0 Å². The van der Waals surface area contributed by atoms with Crippen molar-refractivity contribution in [3.63, 3.8) is 0 Å². The standard InChI is InChI=1S/C10H12NO3S/c1-7(6-12)9-5-8(11(13)14)3-4-10(9)15-2/h3-5,7,12H,1,6H2,2H3. The summed E-state index contributed by atoms with van der Waals surface area (Å²) >= 11 is 1.49. The van der Waals surface area contributed by atoms with E-state index in [0.717, 1.165) is 10.5 Å². The molecule has 0 saturated carbocycles. The molecule has 0 heterocycles. The third kappa shape index (κ3) is 2.70. The van der Waals surface area contributed by atoms with Crippen molar-refractivity contribution >= 4 is 17.4 Å². The monoisotopic (exact) mass is 226 g/mol. The Morgan fingerprint density at radius 1 is 1.67 bits per heavy atom. The van der Waals surface area contributed by atoms with Crippen molar-refractivity contribution in [2.24, 2.45) is 0 Å². The van der Waals surface area contributed by atoms with Crippen LogP contribution < -0.4 is 0 Å². The Bertz CT molecular complexity index is 368. The molecule has 81 valence electrons. The van der Waals surface area contributed by atoms with Gasteiger partial charge in [-0.3, -0.25) is 10.1 Å². The van der Waals surface area contributed by atoms with E-state index in [-0.39, 0.29) is 18.2 Å². The second kappa shape index (κ2) is 5.14. The number of nitro benzene ring substituents is 1. The lowest BCUT2D eigenvalue weighted by Crippen LogP contribution is -2.02. The van der Waals surface area contributed by atoms with E-state index < -0.39 is 4.92 Å². The van der Waals surface area contributed by atoms with Gasteiger partial charge in [0.2, 0.25) is 0 Å². The van der Waals surface area contributed by atoms with Crippen LogP contribution in [0.1, 0.15) is 11.5 Å². The van der Waals surface area contributed by atoms with E-state index in [1.165, 1.54) is 23.9 Å². The number of aliphatic hydroxyl groups excluding tert-OH is 1. The number of hydrogen-bond acceptors (Lipinski definition) is 4. The normalized spacial score (nSPS) is 12.5. The molecular formula is C10H12NO3S. The van der Waals surface area contributed by atoms with Gasteiger partial charge in [-0.2, -0.15) is 0 Å². The Labute approximate surface area is 92.5 Å². The summed E-state index contributed by atoms with van der Waals surface area (Å²) in [5, 5.41) is 19.6. The van der Waals surface area contributed by atoms with Crippen molar-refractivity contribution in [3.05, 3.63) is 40.8 Å². The van der Waals surface area contributed by atoms with Crippen LogP contribution in [0.15, 0.2) is 23.1 Å². The molecule has 1 aromatic rings. The quantitative estimate of drug-likeness (QED) is 0.486. The molecule has 0 amide bonds. The summed E-state index contributed by atoms with van der Waals surface area (Å²) in [6.45, 7) is 3.63. The number of thioether (sulfide) groups is 1. The van der Waals surface area contributed by atoms with E-state index in [1.54, 1.807) is 6.07 Å². The molecular weight excluding hydrogens is 214 g/mol. The molecule has 0 aliphatic carbocycles. The number of nitrogens with zero attached hydrogens (tertiary/aromatic N) is 1. The van der Waals surface area contributed by atoms with E-state index in [0.29, 0.717) is 0 Å². The number of hydrogen-bond donors (Lipinski definition) is 1. The van der Waals surface area contributed by atoms with Gasteiger partial charge in [0, 0.05) is 29.6 Å². The topological polar surface area (TPSA) is 63.4 Å². The fourth-order valence-electron chi connectivity index (χ4n) is 1.25. The second-order valence-electron chi connectivity index (χ2n) is 3.06. The average Bonchev–Trinajstić information content (AvgIpc) is 2.27. The fourth-order valence-corrected chi connectivity index (χ4v) is 1.92. The number of aliphatic hydroxyl groups is 1. The number of nitro groups is 1. The molecule has 0 spiro atoms. The molecule has 1 radical (unpaired) electrons. The van der Waals surface area contributed by atoms with Gasteiger partial charge in [0.05, 0.1) is 4.92 Å². The molecule has 5 heteroatoms. The van der Waals surface area contributed by atoms with Crippen molar-refractivity contribution in [2.75, 3.05) is 12.9 Å². The molecule has 0 fully saturated rings. The van der Waals surface area contributed by atoms with Crippen LogP contribution >= 0.6 is 11.8 Å². The molecule has 0 aliphatic heterocycles. The lowest BCUT2D eigenvalue weighted by Gasteiger charge is -2.12. The average molecular weight is 226 g/mol. The highest BCUT2D eigenvalue weighted by molar-refractivity contribution is 7.98. The lowest BCUT2D eigenvalue weighted by molar-refractivity contribution is -0.385. The summed E-state index contributed by atoms with van der Waals surface area (Å²) in [6.07, 6.45) is 1.88. The van der Waals surface area contributed by atoms with Crippen LogP contribution in [-0.2, 0) is 0 Å². The van der Waals surface area contributed by atoms with Crippen molar-refractivity contribution in [1.29, 1.82) is 0 Å². The molecule has 0 bridgehead atoms. The maximum Gasteiger partial charge on any atom is 0.269 e. The van der Waals surface area contributed by atoms with E-state index in [4.69, 9.17) is 5.11 Å². The summed E-state index contributed by atoms with van der Waals surface area (Å²) in [5.41, 5.74) is 0.754. The van der Waals surface area contributed by atoms with Gasteiger partial charge in [0.1, 0.15) is 0 Å². The van der Waals surface area contributed by atoms with Gasteiger partial charge in [-0.05, 0) is 24.8 Å². The molecule has 1 N–H and O–H groups in total. The van der Waals surface area contributed by atoms with Gasteiger partial charge in [-0.1, -0.05) is 0 Å². The summed E-state index contributed by atoms with van der Waals surface area (Å²) in [7, 11) is 0. The maximum atomic E-state index is 10.6. The fraction of sp³-hybridized carbons (Fsp3) is 0.300. The number of non-ortho nitro benzene ring substituents is 1. The Hall–Kier alpha value is -1.07. The maximum absolute atomic E-state index is 10.6. The van der Waals surface area contributed by atoms with Gasteiger partial charge in [-0.25, -0.2) is 0 Å². The highest BCUT2D eigenvalue weighted by Crippen LogP contribution is 2.30. The predicted octanol–water partition coefficient (Wildman–Crippen LogP) is 2.23. The van der Waals surface area contributed by atoms with Crippen LogP contribution in [0.2, 0.25) is 0 Å². The summed E-state index contributed by atoms with van der Waals surface area (Å²) in [6, 6.07) is 4.62. The minimum atomic E-state index is -0.447. The zero-order valence-corrected chi connectivity index (χ0v) is 9.16. The summed E-state index contributed by atoms with van der Waals surface area (Å²) in [5.74, 6) is -0.327. The SMILES string of the molecule is [CH2]C(CO)c1cc([N+](=O)[O-])ccc1SC. The Morgan fingerprint density at radius 3 is 2.80 bits per heavy atom. The van der Waals surface area contributed by atoms with Crippen LogP contribution in [-0.4, -0.2) is 22.9 Å². The molecule has 1 atom stereocenters. The highest BCUT2D eigenvalue weighted by Gasteiger charge is 2.14. The highest BCUT2D eigenvalue weighted by atomic mass is 32.2. The molecule has 1 rings (SSSR count). The minimum Gasteiger partial charge on any atom is -0.396 e. The zero-order valence-electron chi connectivity index (χ0n) is 8.34. The number of rotatable bonds is 4. The van der Waals surface area contributed by atoms with E-state index in [9.17, 15) is 10.1 Å². The molecule has 4 nitrogen and oxygen atoms in total. The number of benzene rings is 1. The molecule has 1 unspecified atom stereocenters. The van der Waals surface area contributed by atoms with Gasteiger partial charge >= 0.3 is 0 Å².